The Balaban J connectivity index is 1.93. The Hall–Kier alpha value is -2.49. The Morgan fingerprint density at radius 2 is 1.96 bits per heavy atom. The lowest BCUT2D eigenvalue weighted by Gasteiger charge is -2.17. The lowest BCUT2D eigenvalue weighted by atomic mass is 10.1. The van der Waals surface area contributed by atoms with E-state index in [0.29, 0.717) is 6.54 Å². The third-order valence-corrected chi connectivity index (χ3v) is 3.62. The van der Waals surface area contributed by atoms with E-state index < -0.39 is 6.10 Å². The second-order valence-corrected chi connectivity index (χ2v) is 5.60. The van der Waals surface area contributed by atoms with Crippen LogP contribution in [0.3, 0.4) is 0 Å². The van der Waals surface area contributed by atoms with Gasteiger partial charge in [-0.1, -0.05) is 24.3 Å². The Labute approximate surface area is 137 Å². The van der Waals surface area contributed by atoms with E-state index >= 15 is 0 Å². The average molecular weight is 313 g/mol. The van der Waals surface area contributed by atoms with Crippen LogP contribution in [0.4, 0.5) is 0 Å². The summed E-state index contributed by atoms with van der Waals surface area (Å²) >= 11 is 0. The highest BCUT2D eigenvalue weighted by Gasteiger charge is 2.15. The first kappa shape index (κ1) is 16.9. The zero-order chi connectivity index (χ0) is 16.8. The molecule has 1 atom stereocenters. The molecule has 23 heavy (non-hydrogen) atoms. The van der Waals surface area contributed by atoms with Gasteiger partial charge in [-0.15, -0.1) is 0 Å². The molecule has 2 rings (SSSR count). The second-order valence-electron chi connectivity index (χ2n) is 5.60. The molecule has 2 aromatic carbocycles. The molecule has 0 fully saturated rings. The van der Waals surface area contributed by atoms with Crippen LogP contribution in [0.1, 0.15) is 23.6 Å². The SMILES string of the molecule is COc1cccc(CNC(=O)C(C)Oc2cc(C)ccc2C)c1. The topological polar surface area (TPSA) is 47.6 Å². The molecule has 0 saturated carbocycles. The summed E-state index contributed by atoms with van der Waals surface area (Å²) in [6.45, 7) is 6.16. The van der Waals surface area contributed by atoms with Crippen molar-refractivity contribution in [3.63, 3.8) is 0 Å². The minimum absolute atomic E-state index is 0.145. The van der Waals surface area contributed by atoms with Gasteiger partial charge in [0, 0.05) is 6.54 Å². The van der Waals surface area contributed by atoms with Gasteiger partial charge >= 0.3 is 0 Å². The van der Waals surface area contributed by atoms with E-state index in [1.165, 1.54) is 0 Å². The van der Waals surface area contributed by atoms with Gasteiger partial charge in [0.15, 0.2) is 6.10 Å². The Morgan fingerprint density at radius 1 is 1.17 bits per heavy atom. The third-order valence-electron chi connectivity index (χ3n) is 3.62. The Bertz CT molecular complexity index is 682. The Kier molecular flexibility index (Phi) is 5.63. The number of carbonyl (C=O) groups is 1. The fourth-order valence-corrected chi connectivity index (χ4v) is 2.19. The number of hydrogen-bond donors (Lipinski definition) is 1. The van der Waals surface area contributed by atoms with Crippen molar-refractivity contribution >= 4 is 5.91 Å². The van der Waals surface area contributed by atoms with Gasteiger partial charge in [-0.2, -0.15) is 0 Å². The number of benzene rings is 2. The van der Waals surface area contributed by atoms with Crippen molar-refractivity contribution in [3.05, 3.63) is 59.2 Å². The molecule has 0 aromatic heterocycles. The third kappa shape index (κ3) is 4.74. The molecule has 0 aliphatic carbocycles. The number of amides is 1. The predicted octanol–water partition coefficient (Wildman–Crippen LogP) is 3.40. The summed E-state index contributed by atoms with van der Waals surface area (Å²) < 4.78 is 11.0. The smallest absolute Gasteiger partial charge is 0.261 e. The molecule has 1 unspecified atom stereocenters. The van der Waals surface area contributed by atoms with Crippen LogP contribution >= 0.6 is 0 Å². The Morgan fingerprint density at radius 3 is 2.70 bits per heavy atom. The highest BCUT2D eigenvalue weighted by molar-refractivity contribution is 5.80. The fourth-order valence-electron chi connectivity index (χ4n) is 2.19. The first-order chi connectivity index (χ1) is 11.0. The minimum Gasteiger partial charge on any atom is -0.497 e. The molecule has 0 heterocycles. The summed E-state index contributed by atoms with van der Waals surface area (Å²) in [7, 11) is 1.62. The van der Waals surface area contributed by atoms with E-state index in [1.54, 1.807) is 14.0 Å². The number of ether oxygens (including phenoxy) is 2. The monoisotopic (exact) mass is 313 g/mol. The molecule has 4 nitrogen and oxygen atoms in total. The summed E-state index contributed by atoms with van der Waals surface area (Å²) in [6.07, 6.45) is -0.555. The van der Waals surface area contributed by atoms with E-state index in [-0.39, 0.29) is 5.91 Å². The normalized spacial score (nSPS) is 11.7. The predicted molar refractivity (Wildman–Crippen MR) is 90.8 cm³/mol. The minimum atomic E-state index is -0.555. The van der Waals surface area contributed by atoms with Gasteiger partial charge in [-0.3, -0.25) is 4.79 Å². The number of nitrogens with one attached hydrogen (secondary N) is 1. The van der Waals surface area contributed by atoms with Gasteiger partial charge in [-0.25, -0.2) is 0 Å². The molecule has 1 N–H and O–H groups in total. The molecule has 1 amide bonds. The van der Waals surface area contributed by atoms with Crippen LogP contribution in [0.25, 0.3) is 0 Å². The van der Waals surface area contributed by atoms with E-state index in [9.17, 15) is 4.79 Å². The molecular weight excluding hydrogens is 290 g/mol. The molecule has 0 aliphatic heterocycles. The molecule has 0 radical (unpaired) electrons. The molecule has 0 bridgehead atoms. The van der Waals surface area contributed by atoms with Gasteiger partial charge in [0.05, 0.1) is 7.11 Å². The van der Waals surface area contributed by atoms with Crippen molar-refractivity contribution in [1.82, 2.24) is 5.32 Å². The molecular formula is C19H23NO3. The number of carbonyl (C=O) groups excluding carboxylic acids is 1. The van der Waals surface area contributed by atoms with Gasteiger partial charge in [0.1, 0.15) is 11.5 Å². The number of methoxy groups -OCH3 is 1. The van der Waals surface area contributed by atoms with Crippen LogP contribution in [-0.2, 0) is 11.3 Å². The average Bonchev–Trinajstić information content (AvgIpc) is 2.56. The standard InChI is InChI=1S/C19H23NO3/c1-13-8-9-14(2)18(10-13)23-15(3)19(21)20-12-16-6-5-7-17(11-16)22-4/h5-11,15H,12H2,1-4H3,(H,20,21). The first-order valence-electron chi connectivity index (χ1n) is 7.64. The van der Waals surface area contributed by atoms with Crippen molar-refractivity contribution < 1.29 is 14.3 Å². The van der Waals surface area contributed by atoms with Crippen molar-refractivity contribution in [1.29, 1.82) is 0 Å². The van der Waals surface area contributed by atoms with Gasteiger partial charge < -0.3 is 14.8 Å². The molecule has 122 valence electrons. The molecule has 0 aliphatic rings. The number of rotatable bonds is 6. The van der Waals surface area contributed by atoms with Crippen molar-refractivity contribution in [2.24, 2.45) is 0 Å². The van der Waals surface area contributed by atoms with E-state index in [4.69, 9.17) is 9.47 Å². The van der Waals surface area contributed by atoms with Crippen molar-refractivity contribution in [2.75, 3.05) is 7.11 Å². The van der Waals surface area contributed by atoms with Gasteiger partial charge in [0.2, 0.25) is 0 Å². The largest absolute Gasteiger partial charge is 0.497 e. The van der Waals surface area contributed by atoms with E-state index in [0.717, 1.165) is 28.2 Å². The quantitative estimate of drug-likeness (QED) is 0.889. The number of aryl methyl sites for hydroxylation is 2. The molecule has 0 saturated heterocycles. The molecule has 4 heteroatoms. The molecule has 0 spiro atoms. The van der Waals surface area contributed by atoms with E-state index in [1.807, 2.05) is 56.3 Å². The highest BCUT2D eigenvalue weighted by Crippen LogP contribution is 2.20. The zero-order valence-corrected chi connectivity index (χ0v) is 14.1. The maximum Gasteiger partial charge on any atom is 0.261 e. The van der Waals surface area contributed by atoms with Gasteiger partial charge in [-0.05, 0) is 55.7 Å². The zero-order valence-electron chi connectivity index (χ0n) is 14.1. The summed E-state index contributed by atoms with van der Waals surface area (Å²) in [4.78, 5) is 12.2. The summed E-state index contributed by atoms with van der Waals surface area (Å²) in [5, 5.41) is 2.88. The second kappa shape index (κ2) is 7.68. The molecule has 2 aromatic rings. The van der Waals surface area contributed by atoms with Crippen LogP contribution in [0.2, 0.25) is 0 Å². The summed E-state index contributed by atoms with van der Waals surface area (Å²) in [5.41, 5.74) is 3.11. The number of hydrogen-bond acceptors (Lipinski definition) is 3. The van der Waals surface area contributed by atoms with Crippen LogP contribution in [0.5, 0.6) is 11.5 Å². The van der Waals surface area contributed by atoms with Crippen LogP contribution in [0.15, 0.2) is 42.5 Å². The van der Waals surface area contributed by atoms with Crippen LogP contribution < -0.4 is 14.8 Å². The lowest BCUT2D eigenvalue weighted by Crippen LogP contribution is -2.36. The first-order valence-corrected chi connectivity index (χ1v) is 7.64. The summed E-state index contributed by atoms with van der Waals surface area (Å²) in [6, 6.07) is 13.6. The van der Waals surface area contributed by atoms with Crippen molar-refractivity contribution in [2.45, 2.75) is 33.4 Å². The van der Waals surface area contributed by atoms with Crippen molar-refractivity contribution in [3.8, 4) is 11.5 Å². The summed E-state index contributed by atoms with van der Waals surface area (Å²) in [5.74, 6) is 1.37. The van der Waals surface area contributed by atoms with E-state index in [2.05, 4.69) is 5.32 Å². The van der Waals surface area contributed by atoms with Crippen LogP contribution in [0, 0.1) is 13.8 Å². The van der Waals surface area contributed by atoms with Crippen LogP contribution in [-0.4, -0.2) is 19.1 Å². The van der Waals surface area contributed by atoms with Gasteiger partial charge in [0.25, 0.3) is 5.91 Å². The fraction of sp³-hybridized carbons (Fsp3) is 0.316. The maximum absolute atomic E-state index is 12.2. The maximum atomic E-state index is 12.2. The highest BCUT2D eigenvalue weighted by atomic mass is 16.5. The lowest BCUT2D eigenvalue weighted by molar-refractivity contribution is -0.127.